The van der Waals surface area contributed by atoms with Gasteiger partial charge < -0.3 is 10.6 Å². The second kappa shape index (κ2) is 3.86. The standard InChI is InChI=1S/C11H17N3/c1-14(8-9-3-2-4-9)11-5-10(12)6-13-7-11/h5-7,9H,2-4,8,12H2,1H3. The van der Waals surface area contributed by atoms with E-state index in [9.17, 15) is 0 Å². The Morgan fingerprint density at radius 2 is 2.29 bits per heavy atom. The van der Waals surface area contributed by atoms with Crippen LogP contribution in [0.1, 0.15) is 19.3 Å². The van der Waals surface area contributed by atoms with E-state index in [1.807, 2.05) is 12.3 Å². The van der Waals surface area contributed by atoms with Gasteiger partial charge in [0.1, 0.15) is 0 Å². The normalized spacial score (nSPS) is 16.4. The molecule has 1 heterocycles. The fourth-order valence-electron chi connectivity index (χ4n) is 1.82. The minimum atomic E-state index is 0.739. The van der Waals surface area contributed by atoms with Gasteiger partial charge in [-0.15, -0.1) is 0 Å². The first-order valence-corrected chi connectivity index (χ1v) is 5.17. The highest BCUT2D eigenvalue weighted by Gasteiger charge is 2.19. The molecule has 0 aromatic carbocycles. The van der Waals surface area contributed by atoms with Crippen LogP contribution in [0.5, 0.6) is 0 Å². The van der Waals surface area contributed by atoms with Crippen molar-refractivity contribution in [2.75, 3.05) is 24.2 Å². The Morgan fingerprint density at radius 3 is 2.86 bits per heavy atom. The average molecular weight is 191 g/mol. The molecule has 1 aliphatic rings. The van der Waals surface area contributed by atoms with Crippen LogP contribution < -0.4 is 10.6 Å². The van der Waals surface area contributed by atoms with Gasteiger partial charge in [-0.1, -0.05) is 6.42 Å². The summed E-state index contributed by atoms with van der Waals surface area (Å²) in [5.41, 5.74) is 7.55. The number of nitrogens with zero attached hydrogens (tertiary/aromatic N) is 2. The van der Waals surface area contributed by atoms with Crippen molar-refractivity contribution >= 4 is 11.4 Å². The van der Waals surface area contributed by atoms with Crippen LogP contribution in [-0.2, 0) is 0 Å². The summed E-state index contributed by atoms with van der Waals surface area (Å²) in [6.45, 7) is 1.13. The van der Waals surface area contributed by atoms with Gasteiger partial charge in [0, 0.05) is 19.8 Å². The van der Waals surface area contributed by atoms with E-state index in [2.05, 4.69) is 16.9 Å². The summed E-state index contributed by atoms with van der Waals surface area (Å²) in [5.74, 6) is 0.876. The molecule has 0 spiro atoms. The summed E-state index contributed by atoms with van der Waals surface area (Å²) in [6, 6.07) is 1.98. The van der Waals surface area contributed by atoms with Gasteiger partial charge in [-0.2, -0.15) is 0 Å². The summed E-state index contributed by atoms with van der Waals surface area (Å²) in [4.78, 5) is 6.33. The van der Waals surface area contributed by atoms with Crippen molar-refractivity contribution in [3.05, 3.63) is 18.5 Å². The van der Waals surface area contributed by atoms with Gasteiger partial charge in [-0.3, -0.25) is 4.98 Å². The van der Waals surface area contributed by atoms with Crippen LogP contribution in [0, 0.1) is 5.92 Å². The summed E-state index contributed by atoms with van der Waals surface area (Å²) >= 11 is 0. The fraction of sp³-hybridized carbons (Fsp3) is 0.545. The minimum absolute atomic E-state index is 0.739. The summed E-state index contributed by atoms with van der Waals surface area (Å²) in [6.07, 6.45) is 7.70. The smallest absolute Gasteiger partial charge is 0.0570 e. The summed E-state index contributed by atoms with van der Waals surface area (Å²) < 4.78 is 0. The predicted molar refractivity (Wildman–Crippen MR) is 59.3 cm³/mol. The van der Waals surface area contributed by atoms with E-state index in [0.717, 1.165) is 23.8 Å². The molecule has 3 nitrogen and oxygen atoms in total. The molecule has 0 atom stereocenters. The lowest BCUT2D eigenvalue weighted by molar-refractivity contribution is 0.321. The molecule has 0 bridgehead atoms. The number of pyridine rings is 1. The van der Waals surface area contributed by atoms with Gasteiger partial charge >= 0.3 is 0 Å². The van der Waals surface area contributed by atoms with Crippen LogP contribution >= 0.6 is 0 Å². The van der Waals surface area contributed by atoms with Crippen molar-refractivity contribution in [3.63, 3.8) is 0 Å². The molecular formula is C11H17N3. The van der Waals surface area contributed by atoms with Crippen LogP contribution in [0.25, 0.3) is 0 Å². The molecule has 3 heteroatoms. The number of anilines is 2. The Bertz CT molecular complexity index is 307. The van der Waals surface area contributed by atoms with Crippen LogP contribution in [0.4, 0.5) is 11.4 Å². The van der Waals surface area contributed by atoms with Gasteiger partial charge in [0.2, 0.25) is 0 Å². The highest BCUT2D eigenvalue weighted by atomic mass is 15.1. The molecule has 0 radical (unpaired) electrons. The number of rotatable bonds is 3. The number of nitrogen functional groups attached to an aromatic ring is 1. The second-order valence-electron chi connectivity index (χ2n) is 4.15. The second-order valence-corrected chi connectivity index (χ2v) is 4.15. The third kappa shape index (κ3) is 1.97. The molecule has 1 aromatic heterocycles. The molecular weight excluding hydrogens is 174 g/mol. The van der Waals surface area contributed by atoms with Gasteiger partial charge in [-0.25, -0.2) is 0 Å². The summed E-state index contributed by atoms with van der Waals surface area (Å²) in [7, 11) is 2.11. The zero-order chi connectivity index (χ0) is 9.97. The zero-order valence-electron chi connectivity index (χ0n) is 8.61. The number of nitrogens with two attached hydrogens (primary N) is 1. The monoisotopic (exact) mass is 191 g/mol. The predicted octanol–water partition coefficient (Wildman–Crippen LogP) is 1.90. The maximum absolute atomic E-state index is 5.68. The van der Waals surface area contributed by atoms with Gasteiger partial charge in [0.05, 0.1) is 17.6 Å². The van der Waals surface area contributed by atoms with Gasteiger partial charge in [0.25, 0.3) is 0 Å². The average Bonchev–Trinajstić information content (AvgIpc) is 2.11. The molecule has 0 unspecified atom stereocenters. The van der Waals surface area contributed by atoms with Crippen LogP contribution in [0.2, 0.25) is 0 Å². The van der Waals surface area contributed by atoms with E-state index in [1.54, 1.807) is 6.20 Å². The Balaban J connectivity index is 1.98. The Morgan fingerprint density at radius 1 is 1.50 bits per heavy atom. The molecule has 1 aliphatic carbocycles. The Kier molecular flexibility index (Phi) is 2.57. The van der Waals surface area contributed by atoms with E-state index in [-0.39, 0.29) is 0 Å². The van der Waals surface area contributed by atoms with Crippen LogP contribution in [0.15, 0.2) is 18.5 Å². The molecule has 0 amide bonds. The molecule has 76 valence electrons. The highest BCUT2D eigenvalue weighted by molar-refractivity contribution is 5.52. The lowest BCUT2D eigenvalue weighted by atomic mass is 9.85. The van der Waals surface area contributed by atoms with Crippen molar-refractivity contribution in [1.29, 1.82) is 0 Å². The van der Waals surface area contributed by atoms with Crippen molar-refractivity contribution in [2.45, 2.75) is 19.3 Å². The van der Waals surface area contributed by atoms with Gasteiger partial charge in [-0.05, 0) is 24.8 Å². The summed E-state index contributed by atoms with van der Waals surface area (Å²) in [5, 5.41) is 0. The topological polar surface area (TPSA) is 42.2 Å². The van der Waals surface area contributed by atoms with Crippen molar-refractivity contribution in [3.8, 4) is 0 Å². The Hall–Kier alpha value is -1.25. The maximum atomic E-state index is 5.68. The van der Waals surface area contributed by atoms with Crippen molar-refractivity contribution < 1.29 is 0 Å². The quantitative estimate of drug-likeness (QED) is 0.793. The molecule has 0 aliphatic heterocycles. The van der Waals surface area contributed by atoms with E-state index < -0.39 is 0 Å². The van der Waals surface area contributed by atoms with E-state index in [4.69, 9.17) is 5.73 Å². The molecule has 2 rings (SSSR count). The molecule has 0 saturated heterocycles. The van der Waals surface area contributed by atoms with Crippen molar-refractivity contribution in [2.24, 2.45) is 5.92 Å². The third-order valence-corrected chi connectivity index (χ3v) is 2.94. The van der Waals surface area contributed by atoms with E-state index in [0.29, 0.717) is 0 Å². The van der Waals surface area contributed by atoms with Gasteiger partial charge in [0.15, 0.2) is 0 Å². The lowest BCUT2D eigenvalue weighted by Crippen LogP contribution is -2.29. The third-order valence-electron chi connectivity index (χ3n) is 2.94. The van der Waals surface area contributed by atoms with E-state index >= 15 is 0 Å². The number of hydrogen-bond donors (Lipinski definition) is 1. The maximum Gasteiger partial charge on any atom is 0.0570 e. The Labute approximate surface area is 84.9 Å². The van der Waals surface area contributed by atoms with Crippen LogP contribution in [-0.4, -0.2) is 18.6 Å². The first-order chi connectivity index (χ1) is 6.75. The van der Waals surface area contributed by atoms with Crippen molar-refractivity contribution in [1.82, 2.24) is 4.98 Å². The molecule has 1 fully saturated rings. The first kappa shape index (κ1) is 9.31. The molecule has 2 N–H and O–H groups in total. The van der Waals surface area contributed by atoms with E-state index in [1.165, 1.54) is 19.3 Å². The van der Waals surface area contributed by atoms with Crippen LogP contribution in [0.3, 0.4) is 0 Å². The first-order valence-electron chi connectivity index (χ1n) is 5.17. The zero-order valence-corrected chi connectivity index (χ0v) is 8.61. The molecule has 14 heavy (non-hydrogen) atoms. The fourth-order valence-corrected chi connectivity index (χ4v) is 1.82. The molecule has 1 saturated carbocycles. The number of hydrogen-bond acceptors (Lipinski definition) is 3. The lowest BCUT2D eigenvalue weighted by Gasteiger charge is -2.31. The number of aromatic nitrogens is 1. The molecule has 1 aromatic rings. The largest absolute Gasteiger partial charge is 0.397 e. The highest BCUT2D eigenvalue weighted by Crippen LogP contribution is 2.28. The SMILES string of the molecule is CN(CC1CCC1)c1cncc(N)c1. The minimum Gasteiger partial charge on any atom is -0.397 e.